The summed E-state index contributed by atoms with van der Waals surface area (Å²) in [4.78, 5) is 0. The Bertz CT molecular complexity index is 500. The van der Waals surface area contributed by atoms with E-state index in [0.29, 0.717) is 11.5 Å². The molecular formula is C13H14FNO. The first-order chi connectivity index (χ1) is 7.84. The summed E-state index contributed by atoms with van der Waals surface area (Å²) in [5, 5.41) is 5.10. The zero-order valence-corrected chi connectivity index (χ0v) is 9.08. The number of aromatic nitrogens is 1. The highest BCUT2D eigenvalue weighted by molar-refractivity contribution is 5.79. The number of rotatable bonds is 1. The van der Waals surface area contributed by atoms with Gasteiger partial charge in [-0.05, 0) is 25.0 Å². The summed E-state index contributed by atoms with van der Waals surface area (Å²) in [5.41, 5.74) is 1.59. The third kappa shape index (κ3) is 1.60. The average Bonchev–Trinajstić information content (AvgIpc) is 2.73. The molecule has 1 heterocycles. The maximum Gasteiger partial charge on any atom is 0.170 e. The molecule has 0 unspecified atom stereocenters. The van der Waals surface area contributed by atoms with Crippen molar-refractivity contribution < 1.29 is 8.91 Å². The third-order valence-corrected chi connectivity index (χ3v) is 3.45. The second-order valence-electron chi connectivity index (χ2n) is 4.54. The van der Waals surface area contributed by atoms with E-state index in [1.807, 2.05) is 0 Å². The van der Waals surface area contributed by atoms with E-state index in [-0.39, 0.29) is 5.82 Å². The molecule has 0 N–H and O–H groups in total. The van der Waals surface area contributed by atoms with Gasteiger partial charge in [0.2, 0.25) is 0 Å². The number of nitrogens with zero attached hydrogens (tertiary/aromatic N) is 1. The molecule has 0 spiro atoms. The van der Waals surface area contributed by atoms with Gasteiger partial charge in [-0.2, -0.15) is 0 Å². The van der Waals surface area contributed by atoms with Crippen LogP contribution in [-0.2, 0) is 0 Å². The van der Waals surface area contributed by atoms with E-state index in [0.717, 1.165) is 11.1 Å². The molecule has 0 amide bonds. The van der Waals surface area contributed by atoms with Crippen LogP contribution in [0.25, 0.3) is 11.0 Å². The summed E-state index contributed by atoms with van der Waals surface area (Å²) in [5.74, 6) is 0.235. The van der Waals surface area contributed by atoms with E-state index < -0.39 is 0 Å². The quantitative estimate of drug-likeness (QED) is 0.724. The van der Waals surface area contributed by atoms with Gasteiger partial charge in [0.05, 0.1) is 5.69 Å². The van der Waals surface area contributed by atoms with Gasteiger partial charge in [-0.15, -0.1) is 0 Å². The highest BCUT2D eigenvalue weighted by atomic mass is 19.1. The third-order valence-electron chi connectivity index (χ3n) is 3.45. The Morgan fingerprint density at radius 1 is 1.19 bits per heavy atom. The Labute approximate surface area is 93.4 Å². The largest absolute Gasteiger partial charge is 0.356 e. The van der Waals surface area contributed by atoms with Gasteiger partial charge in [0, 0.05) is 17.4 Å². The smallest absolute Gasteiger partial charge is 0.170 e. The van der Waals surface area contributed by atoms with Gasteiger partial charge in [-0.3, -0.25) is 0 Å². The number of benzene rings is 1. The van der Waals surface area contributed by atoms with Crippen LogP contribution in [0.4, 0.5) is 4.39 Å². The fraction of sp³-hybridized carbons (Fsp3) is 0.462. The summed E-state index contributed by atoms with van der Waals surface area (Å²) < 4.78 is 18.2. The maximum absolute atomic E-state index is 13.0. The molecule has 1 saturated carbocycles. The van der Waals surface area contributed by atoms with Crippen LogP contribution in [0.1, 0.15) is 43.7 Å². The molecule has 84 valence electrons. The minimum Gasteiger partial charge on any atom is -0.356 e. The van der Waals surface area contributed by atoms with Crippen LogP contribution in [0.3, 0.4) is 0 Å². The van der Waals surface area contributed by atoms with Crippen LogP contribution in [0.15, 0.2) is 22.7 Å². The fourth-order valence-electron chi connectivity index (χ4n) is 2.60. The summed E-state index contributed by atoms with van der Waals surface area (Å²) >= 11 is 0. The molecule has 0 saturated heterocycles. The van der Waals surface area contributed by atoms with Crippen LogP contribution in [-0.4, -0.2) is 5.16 Å². The maximum atomic E-state index is 13.0. The Kier molecular flexibility index (Phi) is 2.39. The first kappa shape index (κ1) is 9.82. The SMILES string of the molecule is Fc1ccc2c(C3CCCCC3)noc2c1. The number of hydrogen-bond acceptors (Lipinski definition) is 2. The van der Waals surface area contributed by atoms with Gasteiger partial charge in [0.1, 0.15) is 5.82 Å². The van der Waals surface area contributed by atoms with Gasteiger partial charge in [0.25, 0.3) is 0 Å². The molecule has 1 aromatic carbocycles. The van der Waals surface area contributed by atoms with Crippen LogP contribution in [0.2, 0.25) is 0 Å². The first-order valence-electron chi connectivity index (χ1n) is 5.89. The van der Waals surface area contributed by atoms with E-state index >= 15 is 0 Å². The topological polar surface area (TPSA) is 26.0 Å². The van der Waals surface area contributed by atoms with E-state index in [2.05, 4.69) is 5.16 Å². The molecule has 1 aliphatic rings. The normalized spacial score (nSPS) is 18.1. The van der Waals surface area contributed by atoms with Crippen molar-refractivity contribution in [1.82, 2.24) is 5.16 Å². The molecule has 0 atom stereocenters. The van der Waals surface area contributed by atoms with Crippen molar-refractivity contribution in [1.29, 1.82) is 0 Å². The predicted octanol–water partition coefficient (Wildman–Crippen LogP) is 4.01. The summed E-state index contributed by atoms with van der Waals surface area (Å²) in [6.07, 6.45) is 6.21. The van der Waals surface area contributed by atoms with Crippen LogP contribution < -0.4 is 0 Å². The second kappa shape index (κ2) is 3.89. The van der Waals surface area contributed by atoms with Crippen molar-refractivity contribution >= 4 is 11.0 Å². The minimum atomic E-state index is -0.265. The molecule has 1 aromatic heterocycles. The number of hydrogen-bond donors (Lipinski definition) is 0. The van der Waals surface area contributed by atoms with Crippen molar-refractivity contribution in [3.63, 3.8) is 0 Å². The van der Waals surface area contributed by atoms with Gasteiger partial charge < -0.3 is 4.52 Å². The minimum absolute atomic E-state index is 0.265. The lowest BCUT2D eigenvalue weighted by atomic mass is 9.86. The lowest BCUT2D eigenvalue weighted by Gasteiger charge is -2.19. The highest BCUT2D eigenvalue weighted by Gasteiger charge is 2.21. The number of halogens is 1. The molecule has 3 heteroatoms. The van der Waals surface area contributed by atoms with E-state index in [1.54, 1.807) is 6.07 Å². The Morgan fingerprint density at radius 2 is 2.00 bits per heavy atom. The van der Waals surface area contributed by atoms with Crippen molar-refractivity contribution in [2.45, 2.75) is 38.0 Å². The van der Waals surface area contributed by atoms with Crippen molar-refractivity contribution in [3.05, 3.63) is 29.7 Å². The number of fused-ring (bicyclic) bond motifs is 1. The monoisotopic (exact) mass is 219 g/mol. The molecule has 2 aromatic rings. The summed E-state index contributed by atoms with van der Waals surface area (Å²) in [6, 6.07) is 4.67. The highest BCUT2D eigenvalue weighted by Crippen LogP contribution is 2.35. The Hall–Kier alpha value is -1.38. The van der Waals surface area contributed by atoms with Crippen LogP contribution in [0, 0.1) is 5.82 Å². The molecule has 0 bridgehead atoms. The average molecular weight is 219 g/mol. The van der Waals surface area contributed by atoms with Crippen LogP contribution >= 0.6 is 0 Å². The van der Waals surface area contributed by atoms with Crippen molar-refractivity contribution in [2.24, 2.45) is 0 Å². The zero-order chi connectivity index (χ0) is 11.0. The Balaban J connectivity index is 2.03. The van der Waals surface area contributed by atoms with E-state index in [4.69, 9.17) is 4.52 Å². The lowest BCUT2D eigenvalue weighted by molar-refractivity contribution is 0.395. The first-order valence-corrected chi connectivity index (χ1v) is 5.89. The summed E-state index contributed by atoms with van der Waals surface area (Å²) in [7, 11) is 0. The predicted molar refractivity (Wildman–Crippen MR) is 59.8 cm³/mol. The molecule has 16 heavy (non-hydrogen) atoms. The van der Waals surface area contributed by atoms with Crippen molar-refractivity contribution in [2.75, 3.05) is 0 Å². The second-order valence-corrected chi connectivity index (χ2v) is 4.54. The molecular weight excluding hydrogens is 205 g/mol. The fourth-order valence-corrected chi connectivity index (χ4v) is 2.60. The van der Waals surface area contributed by atoms with E-state index in [9.17, 15) is 4.39 Å². The Morgan fingerprint density at radius 3 is 2.81 bits per heavy atom. The van der Waals surface area contributed by atoms with Gasteiger partial charge in [0.15, 0.2) is 5.58 Å². The molecule has 0 aliphatic heterocycles. The lowest BCUT2D eigenvalue weighted by Crippen LogP contribution is -2.04. The van der Waals surface area contributed by atoms with Gasteiger partial charge in [-0.1, -0.05) is 24.4 Å². The van der Waals surface area contributed by atoms with Gasteiger partial charge in [-0.25, -0.2) is 4.39 Å². The molecule has 1 fully saturated rings. The molecule has 3 rings (SSSR count). The van der Waals surface area contributed by atoms with Crippen molar-refractivity contribution in [3.8, 4) is 0 Å². The zero-order valence-electron chi connectivity index (χ0n) is 9.08. The summed E-state index contributed by atoms with van der Waals surface area (Å²) in [6.45, 7) is 0. The molecule has 1 aliphatic carbocycles. The van der Waals surface area contributed by atoms with Gasteiger partial charge >= 0.3 is 0 Å². The molecule has 0 radical (unpaired) electrons. The van der Waals surface area contributed by atoms with E-state index in [1.165, 1.54) is 44.2 Å². The van der Waals surface area contributed by atoms with Crippen LogP contribution in [0.5, 0.6) is 0 Å². The molecule has 2 nitrogen and oxygen atoms in total. The standard InChI is InChI=1S/C13H14FNO/c14-10-6-7-11-12(8-10)16-15-13(11)9-4-2-1-3-5-9/h6-9H,1-5H2.